The number of hydrogen-bond acceptors (Lipinski definition) is 2. The van der Waals surface area contributed by atoms with E-state index < -0.39 is 0 Å². The van der Waals surface area contributed by atoms with E-state index in [2.05, 4.69) is 276 Å². The number of thiophene rings is 1. The van der Waals surface area contributed by atoms with Crippen LogP contribution >= 0.6 is 11.3 Å². The van der Waals surface area contributed by atoms with Crippen molar-refractivity contribution >= 4 is 97.1 Å². The predicted octanol–water partition coefficient (Wildman–Crippen LogP) is 18.2. The number of nitrogens with zero attached hydrogens (tertiary/aromatic N) is 2. The van der Waals surface area contributed by atoms with Crippen LogP contribution in [0.2, 0.25) is 0 Å². The number of halogens is 1. The minimum absolute atomic E-state index is 0. The summed E-state index contributed by atoms with van der Waals surface area (Å²) in [5.74, 6) is 0. The molecule has 0 bridgehead atoms. The van der Waals surface area contributed by atoms with Gasteiger partial charge in [-0.2, -0.15) is 36.4 Å². The van der Waals surface area contributed by atoms with Crippen molar-refractivity contribution in [3.05, 3.63) is 286 Å². The summed E-state index contributed by atoms with van der Waals surface area (Å²) in [7, 11) is 0. The Kier molecular flexibility index (Phi) is 11.7. The van der Waals surface area contributed by atoms with E-state index in [-0.39, 0.29) is 52.3 Å². The predicted molar refractivity (Wildman–Crippen MR) is 343 cm³/mol. The van der Waals surface area contributed by atoms with Gasteiger partial charge in [0.25, 0.3) is 0 Å². The fourth-order valence-corrected chi connectivity index (χ4v) is 17.0. The molecule has 5 heterocycles. The molecule has 0 saturated carbocycles. The third kappa shape index (κ3) is 7.96. The molecule has 390 valence electrons. The Morgan fingerprint density at radius 1 is 0.310 bits per heavy atom. The van der Waals surface area contributed by atoms with Crippen LogP contribution in [0.25, 0.3) is 164 Å². The Bertz CT molecular complexity index is 5480. The van der Waals surface area contributed by atoms with Crippen LogP contribution in [0.5, 0.6) is 0 Å². The first-order valence-corrected chi connectivity index (χ1v) is 31.0. The van der Waals surface area contributed by atoms with Crippen molar-refractivity contribution in [1.29, 1.82) is 0 Å². The zero-order chi connectivity index (χ0) is 54.3. The van der Waals surface area contributed by atoms with Crippen molar-refractivity contribution in [2.75, 3.05) is 0 Å². The third-order valence-corrected chi connectivity index (χ3v) is 21.3. The normalized spacial score (nSPS) is 12.2. The van der Waals surface area contributed by atoms with Crippen molar-refractivity contribution in [2.45, 2.75) is 0 Å². The molecule has 6 heteroatoms. The van der Waals surface area contributed by atoms with Gasteiger partial charge in [-0.1, -0.05) is 60.7 Å². The van der Waals surface area contributed by atoms with Crippen LogP contribution in [0.3, 0.4) is 0 Å². The number of rotatable bonds is 7. The summed E-state index contributed by atoms with van der Waals surface area (Å²) >= 11 is 1.61. The second-order valence-corrected chi connectivity index (χ2v) is 25.7. The Labute approximate surface area is 522 Å². The number of furan rings is 1. The van der Waals surface area contributed by atoms with Gasteiger partial charge >= 0.3 is 290 Å². The molecule has 0 spiro atoms. The quantitative estimate of drug-likeness (QED) is 0.115. The number of para-hydroxylation sites is 4. The average Bonchev–Trinajstić information content (AvgIpc) is 3.84. The van der Waals surface area contributed by atoms with Crippen LogP contribution in [0.15, 0.2) is 271 Å². The van der Waals surface area contributed by atoms with Crippen LogP contribution in [0, 0.1) is 50.4 Å². The van der Waals surface area contributed by atoms with Crippen molar-refractivity contribution in [3.8, 4) is 78.1 Å². The Morgan fingerprint density at radius 2 is 0.726 bits per heavy atom. The van der Waals surface area contributed by atoms with Crippen molar-refractivity contribution in [1.82, 2.24) is 9.13 Å². The first kappa shape index (κ1) is 49.8. The van der Waals surface area contributed by atoms with Crippen LogP contribution in [0.1, 0.15) is 0 Å². The smallest absolute Gasteiger partial charge is 0.328 e. The second-order valence-electron chi connectivity index (χ2n) is 21.8. The topological polar surface area (TPSA) is 23.0 Å². The van der Waals surface area contributed by atoms with Gasteiger partial charge in [0.15, 0.2) is 0 Å². The van der Waals surface area contributed by atoms with E-state index >= 15 is 0 Å². The standard InChI is InChI=1S/C78H44IN2OS.U/c1-5-22-71-59(18-1)60-19-2-6-23-72(60)80(71)57-17-11-16-51(40-57)47-12-9-13-48(38-47)53-27-34-75-65(42-53)66-43-54(28-35-76(66)82-75)49-14-10-15-50(39-49)55-29-36-77-67(44-55)68-45-56(30-37-78(68)83-77)52-26-32-69-63(41-52)64-46-58(31-33-70(64)79-69)81-73-24-7-3-20-61(73)62-21-4-8-25-74(62)81;/h1-11,13-15,17-46H;/q-3;+2. The summed E-state index contributed by atoms with van der Waals surface area (Å²) in [4.78, 5) is 0. The molecule has 3 nitrogen and oxygen atoms in total. The van der Waals surface area contributed by atoms with Gasteiger partial charge in [0, 0.05) is 21.5 Å². The van der Waals surface area contributed by atoms with Crippen LogP contribution in [0.4, 0.5) is 0 Å². The Balaban J connectivity index is 0.00000556. The van der Waals surface area contributed by atoms with Gasteiger partial charge in [0.05, 0.1) is 11.0 Å². The molecule has 1 aliphatic heterocycles. The Hall–Kier alpha value is -8.74. The third-order valence-electron chi connectivity index (χ3n) is 17.1. The van der Waals surface area contributed by atoms with Gasteiger partial charge in [-0.3, -0.25) is 0 Å². The number of fused-ring (bicyclic) bond motifs is 15. The summed E-state index contributed by atoms with van der Waals surface area (Å²) in [5.41, 5.74) is 23.1. The van der Waals surface area contributed by atoms with E-state index in [9.17, 15) is 0 Å². The molecule has 4 aromatic heterocycles. The number of aromatic nitrogens is 2. The van der Waals surface area contributed by atoms with Gasteiger partial charge in [-0.15, -0.1) is 17.7 Å². The van der Waals surface area contributed by atoms with E-state index in [1.54, 1.807) is 0 Å². The molecule has 0 N–H and O–H groups in total. The maximum atomic E-state index is 6.50. The zero-order valence-electron chi connectivity index (χ0n) is 45.0. The molecule has 0 aliphatic carbocycles. The molecule has 0 radical (unpaired) electrons. The molecule has 17 aromatic rings. The monoisotopic (exact) mass is 1420 g/mol. The molecule has 1 aliphatic rings. The molecule has 0 atom stereocenters. The van der Waals surface area contributed by atoms with Gasteiger partial charge in [0.2, 0.25) is 0 Å². The molecule has 0 fully saturated rings. The molecular formula is C78H44IN2OSU-. The minimum Gasteiger partial charge on any atom is -0.328 e. The molecule has 18 rings (SSSR count). The van der Waals surface area contributed by atoms with Crippen molar-refractivity contribution in [2.24, 2.45) is 0 Å². The SMILES string of the molecule is [U+2].[c-]1ccc(-c2ccc3oc4ccc(-c5cccc(-c6ccc7sc8ccc(-c9ccc%10c(c9)-c9cc(-n%11c%12ccccc%12c%12ccccc%12%11)ccc9[I-]%10)cc8c7c6)c5)cc4c3c2)cc1-c1[c-]ccc(-n2c3ccccc3c3ccccc32)c1. The summed E-state index contributed by atoms with van der Waals surface area (Å²) < 4.78 is 16.9. The van der Waals surface area contributed by atoms with Crippen molar-refractivity contribution in [3.63, 3.8) is 0 Å². The van der Waals surface area contributed by atoms with Gasteiger partial charge in [0.1, 0.15) is 11.2 Å². The minimum atomic E-state index is -0.267. The molecule has 13 aromatic carbocycles. The van der Waals surface area contributed by atoms with E-state index in [1.807, 2.05) is 23.5 Å². The van der Waals surface area contributed by atoms with Crippen LogP contribution < -0.4 is 21.2 Å². The summed E-state index contributed by atoms with van der Waals surface area (Å²) in [6.07, 6.45) is 0. The summed E-state index contributed by atoms with van der Waals surface area (Å²) in [5, 5.41) is 9.85. The molecule has 0 amide bonds. The molecule has 0 unspecified atom stereocenters. The van der Waals surface area contributed by atoms with E-state index in [0.29, 0.717) is 0 Å². The van der Waals surface area contributed by atoms with Gasteiger partial charge < -0.3 is 8.98 Å². The number of hydrogen-bond donors (Lipinski definition) is 0. The summed E-state index contributed by atoms with van der Waals surface area (Å²) in [6, 6.07) is 105. The van der Waals surface area contributed by atoms with E-state index in [1.165, 1.54) is 110 Å². The van der Waals surface area contributed by atoms with Crippen molar-refractivity contribution < 1.29 is 56.7 Å². The first-order chi connectivity index (χ1) is 41.1. The van der Waals surface area contributed by atoms with Gasteiger partial charge in [-0.25, -0.2) is 11.1 Å². The van der Waals surface area contributed by atoms with Crippen LogP contribution in [-0.2, 0) is 0 Å². The van der Waals surface area contributed by atoms with Crippen LogP contribution in [-0.4, -0.2) is 9.13 Å². The summed E-state index contributed by atoms with van der Waals surface area (Å²) in [6.45, 7) is 0. The number of benzene rings is 13. The second kappa shape index (κ2) is 19.7. The zero-order valence-corrected chi connectivity index (χ0v) is 52.1. The Morgan fingerprint density at radius 3 is 1.29 bits per heavy atom. The fraction of sp³-hybridized carbons (Fsp3) is 0. The molecule has 84 heavy (non-hydrogen) atoms. The molecular weight excluding hydrogens is 1380 g/mol. The van der Waals surface area contributed by atoms with E-state index in [4.69, 9.17) is 4.42 Å². The molecule has 0 saturated heterocycles. The van der Waals surface area contributed by atoms with E-state index in [0.717, 1.165) is 61.0 Å². The maximum absolute atomic E-state index is 6.50. The van der Waals surface area contributed by atoms with Gasteiger partial charge in [-0.05, 0) is 58.8 Å². The fourth-order valence-electron chi connectivity index (χ4n) is 13.1. The first-order valence-electron chi connectivity index (χ1n) is 28.1. The average molecular weight is 1420 g/mol.